The van der Waals surface area contributed by atoms with Gasteiger partial charge >= 0.3 is 0 Å². The van der Waals surface area contributed by atoms with Crippen molar-refractivity contribution in [3.05, 3.63) is 23.8 Å². The molecule has 0 aliphatic carbocycles. The molecule has 1 aromatic rings. The van der Waals surface area contributed by atoms with Gasteiger partial charge in [0.15, 0.2) is 34.7 Å². The van der Waals surface area contributed by atoms with Gasteiger partial charge in [-0.3, -0.25) is 0 Å². The second-order valence-electron chi connectivity index (χ2n) is 17.8. The molecule has 54 heavy (non-hydrogen) atoms. The minimum Gasteiger partial charge on any atom is -0.491 e. The number of hydrogen-bond donors (Lipinski definition) is 1. The fraction of sp³-hybridized carbons (Fsp3) is 0.846. The molecule has 0 spiro atoms. The Morgan fingerprint density at radius 1 is 0.463 bits per heavy atom. The maximum Gasteiger partial charge on any atom is 0.164 e. The second kappa shape index (κ2) is 14.3. The van der Waals surface area contributed by atoms with Crippen molar-refractivity contribution < 1.29 is 66.3 Å². The highest BCUT2D eigenvalue weighted by Crippen LogP contribution is 2.44. The normalized spacial score (nSPS) is 40.0. The van der Waals surface area contributed by atoms with E-state index in [4.69, 9.17) is 72.0 Å². The molecule has 7 rings (SSSR count). The van der Waals surface area contributed by atoms with Gasteiger partial charge in [0, 0.05) is 12.6 Å². The topological polar surface area (TPSA) is 155 Å². The smallest absolute Gasteiger partial charge is 0.164 e. The molecule has 6 saturated heterocycles. The van der Waals surface area contributed by atoms with Crippen LogP contribution in [0, 0.1) is 0 Å². The number of benzene rings is 1. The number of nitrogens with two attached hydrogens (primary N) is 1. The van der Waals surface area contributed by atoms with Crippen molar-refractivity contribution in [3.63, 3.8) is 0 Å². The molecule has 15 heteroatoms. The minimum atomic E-state index is -0.887. The Kier molecular flexibility index (Phi) is 10.7. The Hall–Kier alpha value is -1.70. The van der Waals surface area contributed by atoms with Gasteiger partial charge < -0.3 is 72.0 Å². The molecule has 4 unspecified atom stereocenters. The van der Waals surface area contributed by atoms with Crippen molar-refractivity contribution in [3.8, 4) is 11.5 Å². The van der Waals surface area contributed by atoms with Crippen LogP contribution in [-0.2, 0) is 63.4 Å². The van der Waals surface area contributed by atoms with Crippen molar-refractivity contribution in [1.82, 2.24) is 0 Å². The van der Waals surface area contributed by atoms with E-state index in [1.165, 1.54) is 0 Å². The minimum absolute atomic E-state index is 0.165. The summed E-state index contributed by atoms with van der Waals surface area (Å²) in [6.07, 6.45) is -4.62. The standard InChI is InChI=1S/C39H61NO14/c1-34(2)43-19-26(45-34)30-32(53-38(9,10)51-30)28-24(47-36(5,6)49-28)17-41-22-13-21(16-40)14-23(15-22)42-18-25-29(50-37(7,8)48-25)33-31(52-39(11,12)54-33)27-20-44-35(3,4)46-27/h13-15,24-33H,16-20,40H2,1-12H3/t24-,25?,26+,27?,28-,29+,30+,31?,32+,33?/m1/s1. The average Bonchev–Trinajstić information content (AvgIpc) is 3.88. The van der Waals surface area contributed by atoms with Crippen molar-refractivity contribution >= 4 is 0 Å². The first-order valence-electron chi connectivity index (χ1n) is 19.2. The van der Waals surface area contributed by atoms with E-state index in [9.17, 15) is 0 Å². The molecule has 6 aliphatic heterocycles. The lowest BCUT2D eigenvalue weighted by atomic mass is 9.99. The molecule has 0 radical (unpaired) electrons. The summed E-state index contributed by atoms with van der Waals surface area (Å²) >= 11 is 0. The molecule has 10 atom stereocenters. The fourth-order valence-electron chi connectivity index (χ4n) is 8.29. The summed E-state index contributed by atoms with van der Waals surface area (Å²) in [5, 5.41) is 0. The van der Waals surface area contributed by atoms with Crippen LogP contribution in [0.5, 0.6) is 11.5 Å². The van der Waals surface area contributed by atoms with E-state index in [1.807, 2.05) is 101 Å². The number of ether oxygens (including phenoxy) is 14. The van der Waals surface area contributed by atoms with Crippen molar-refractivity contribution in [2.45, 2.75) is 185 Å². The highest BCUT2D eigenvalue weighted by atomic mass is 16.8. The molecule has 2 N–H and O–H groups in total. The average molecular weight is 768 g/mol. The molecular formula is C39H61NO14. The first kappa shape index (κ1) is 40.5. The van der Waals surface area contributed by atoms with Gasteiger partial charge in [0.2, 0.25) is 0 Å². The van der Waals surface area contributed by atoms with Crippen molar-refractivity contribution in [2.75, 3.05) is 26.4 Å². The second-order valence-corrected chi connectivity index (χ2v) is 17.8. The van der Waals surface area contributed by atoms with Crippen molar-refractivity contribution in [2.24, 2.45) is 5.73 Å². The molecule has 0 bridgehead atoms. The zero-order valence-corrected chi connectivity index (χ0v) is 33.8. The van der Waals surface area contributed by atoms with E-state index in [0.29, 0.717) is 24.7 Å². The van der Waals surface area contributed by atoms with Crippen LogP contribution < -0.4 is 15.2 Å². The Bertz CT molecular complexity index is 1390. The highest BCUT2D eigenvalue weighted by Gasteiger charge is 2.59. The van der Waals surface area contributed by atoms with E-state index in [2.05, 4.69) is 0 Å². The fourth-order valence-corrected chi connectivity index (χ4v) is 8.29. The Balaban J connectivity index is 1.04. The zero-order valence-electron chi connectivity index (χ0n) is 33.8. The van der Waals surface area contributed by atoms with Crippen LogP contribution >= 0.6 is 0 Å². The first-order valence-corrected chi connectivity index (χ1v) is 19.2. The summed E-state index contributed by atoms with van der Waals surface area (Å²) in [5.41, 5.74) is 6.97. The van der Waals surface area contributed by atoms with Gasteiger partial charge in [-0.15, -0.1) is 0 Å². The molecule has 15 nitrogen and oxygen atoms in total. The first-order chi connectivity index (χ1) is 25.0. The van der Waals surface area contributed by atoms with Crippen LogP contribution in [0.2, 0.25) is 0 Å². The van der Waals surface area contributed by atoms with E-state index in [-0.39, 0.29) is 32.0 Å². The van der Waals surface area contributed by atoms with Crippen LogP contribution in [0.25, 0.3) is 0 Å². The van der Waals surface area contributed by atoms with Crippen molar-refractivity contribution in [1.29, 1.82) is 0 Å². The van der Waals surface area contributed by atoms with Gasteiger partial charge in [0.1, 0.15) is 85.8 Å². The lowest BCUT2D eigenvalue weighted by molar-refractivity contribution is -0.178. The molecule has 6 heterocycles. The third-order valence-electron chi connectivity index (χ3n) is 10.2. The van der Waals surface area contributed by atoms with Crippen LogP contribution in [0.15, 0.2) is 18.2 Å². The summed E-state index contributed by atoms with van der Waals surface area (Å²) < 4.78 is 88.3. The van der Waals surface area contributed by atoms with Crippen LogP contribution in [0.1, 0.15) is 88.6 Å². The Morgan fingerprint density at radius 2 is 0.815 bits per heavy atom. The van der Waals surface area contributed by atoms with Gasteiger partial charge in [0.05, 0.1) is 13.2 Å². The quantitative estimate of drug-likeness (QED) is 0.340. The Morgan fingerprint density at radius 3 is 1.17 bits per heavy atom. The summed E-state index contributed by atoms with van der Waals surface area (Å²) in [5.74, 6) is -3.82. The summed E-state index contributed by atoms with van der Waals surface area (Å²) in [4.78, 5) is 0. The lowest BCUT2D eigenvalue weighted by Gasteiger charge is -2.29. The molecule has 0 amide bonds. The van der Waals surface area contributed by atoms with Gasteiger partial charge in [0.25, 0.3) is 0 Å². The molecular weight excluding hydrogens is 706 g/mol. The van der Waals surface area contributed by atoms with Gasteiger partial charge in [-0.25, -0.2) is 0 Å². The summed E-state index contributed by atoms with van der Waals surface area (Å²) in [6, 6.07) is 5.60. The van der Waals surface area contributed by atoms with E-state index in [0.717, 1.165) is 5.56 Å². The van der Waals surface area contributed by atoms with Crippen LogP contribution in [0.3, 0.4) is 0 Å². The molecule has 6 aliphatic rings. The molecule has 0 saturated carbocycles. The van der Waals surface area contributed by atoms with E-state index >= 15 is 0 Å². The SMILES string of the molecule is CC1(C)OCC(C2OC(C)(C)OC2[C@H]2OC(C)(C)OC2COc2cc(CN)cc(OC[C@H]3OC(C)(C)O[C@H]3[C@@H]3OC(C)(C)O[C@H]3[C@@H]3COC(C)(C)O3)c2)O1. The van der Waals surface area contributed by atoms with Crippen LogP contribution in [-0.4, -0.2) is 122 Å². The predicted octanol–water partition coefficient (Wildman–Crippen LogP) is 4.29. The van der Waals surface area contributed by atoms with Gasteiger partial charge in [-0.1, -0.05) is 0 Å². The highest BCUT2D eigenvalue weighted by molar-refractivity contribution is 5.38. The third kappa shape index (κ3) is 9.04. The predicted molar refractivity (Wildman–Crippen MR) is 190 cm³/mol. The molecule has 0 aromatic heterocycles. The number of rotatable bonds is 11. The lowest BCUT2D eigenvalue weighted by Crippen LogP contribution is -2.48. The summed E-state index contributed by atoms with van der Waals surface area (Å²) in [7, 11) is 0. The van der Waals surface area contributed by atoms with E-state index < -0.39 is 83.6 Å². The van der Waals surface area contributed by atoms with Gasteiger partial charge in [-0.2, -0.15) is 0 Å². The largest absolute Gasteiger partial charge is 0.491 e. The monoisotopic (exact) mass is 767 g/mol. The number of hydrogen-bond acceptors (Lipinski definition) is 15. The van der Waals surface area contributed by atoms with E-state index in [1.54, 1.807) is 0 Å². The maximum absolute atomic E-state index is 6.46. The Labute approximate surface area is 318 Å². The zero-order chi connectivity index (χ0) is 39.1. The van der Waals surface area contributed by atoms with Crippen LogP contribution in [0.4, 0.5) is 0 Å². The third-order valence-corrected chi connectivity index (χ3v) is 10.2. The summed E-state index contributed by atoms with van der Waals surface area (Å²) in [6.45, 7) is 23.9. The molecule has 1 aromatic carbocycles. The molecule has 306 valence electrons. The maximum atomic E-state index is 6.46. The molecule has 6 fully saturated rings. The van der Waals surface area contributed by atoms with Gasteiger partial charge in [-0.05, 0) is 101 Å².